The van der Waals surface area contributed by atoms with Crippen LogP contribution in [0.1, 0.15) is 57.1 Å². The number of rotatable bonds is 8. The van der Waals surface area contributed by atoms with Crippen molar-refractivity contribution in [3.8, 4) is 11.5 Å². The lowest BCUT2D eigenvalue weighted by molar-refractivity contribution is -0.112. The SMILES string of the molecule is CCCOc1ccc(/C=C2/CCC/C(=C/c3ccc(OCCC)cc3)C2=O)cc1. The van der Waals surface area contributed by atoms with E-state index < -0.39 is 0 Å². The average molecular weight is 391 g/mol. The number of carbonyl (C=O) groups excluding carboxylic acids is 1. The topological polar surface area (TPSA) is 35.5 Å². The van der Waals surface area contributed by atoms with Crippen molar-refractivity contribution in [1.82, 2.24) is 0 Å². The number of hydrogen-bond acceptors (Lipinski definition) is 3. The smallest absolute Gasteiger partial charge is 0.185 e. The van der Waals surface area contributed by atoms with Crippen LogP contribution in [-0.4, -0.2) is 19.0 Å². The minimum absolute atomic E-state index is 0.161. The number of ketones is 1. The number of benzene rings is 2. The van der Waals surface area contributed by atoms with Crippen molar-refractivity contribution in [2.45, 2.75) is 46.0 Å². The predicted molar refractivity (Wildman–Crippen MR) is 119 cm³/mol. The van der Waals surface area contributed by atoms with Crippen molar-refractivity contribution in [1.29, 1.82) is 0 Å². The summed E-state index contributed by atoms with van der Waals surface area (Å²) < 4.78 is 11.3. The molecule has 0 aliphatic heterocycles. The van der Waals surface area contributed by atoms with E-state index in [1.54, 1.807) is 0 Å². The Kier molecular flexibility index (Phi) is 7.69. The van der Waals surface area contributed by atoms with Gasteiger partial charge in [-0.05, 0) is 79.6 Å². The van der Waals surface area contributed by atoms with E-state index in [0.717, 1.165) is 79.1 Å². The first-order valence-electron chi connectivity index (χ1n) is 10.6. The maximum atomic E-state index is 13.0. The second-order valence-electron chi connectivity index (χ2n) is 7.36. The molecule has 0 unspecified atom stereocenters. The summed E-state index contributed by atoms with van der Waals surface area (Å²) in [6.45, 7) is 5.62. The Morgan fingerprint density at radius 1 is 0.724 bits per heavy atom. The van der Waals surface area contributed by atoms with Gasteiger partial charge in [-0.2, -0.15) is 0 Å². The first kappa shape index (κ1) is 20.9. The van der Waals surface area contributed by atoms with Crippen LogP contribution in [0.25, 0.3) is 12.2 Å². The van der Waals surface area contributed by atoms with Crippen molar-refractivity contribution in [2.75, 3.05) is 13.2 Å². The lowest BCUT2D eigenvalue weighted by Gasteiger charge is -2.17. The molecule has 1 saturated carbocycles. The quantitative estimate of drug-likeness (QED) is 0.484. The molecule has 1 aliphatic carbocycles. The third-order valence-corrected chi connectivity index (χ3v) is 4.86. The van der Waals surface area contributed by atoms with E-state index in [9.17, 15) is 4.79 Å². The van der Waals surface area contributed by atoms with Gasteiger partial charge in [-0.3, -0.25) is 4.79 Å². The number of allylic oxidation sites excluding steroid dienone is 2. The van der Waals surface area contributed by atoms with Gasteiger partial charge >= 0.3 is 0 Å². The van der Waals surface area contributed by atoms with Crippen LogP contribution in [0.15, 0.2) is 59.7 Å². The standard InChI is InChI=1S/C26H30O3/c1-3-16-28-24-12-8-20(9-13-24)18-22-6-5-7-23(26(22)27)19-21-10-14-25(15-11-21)29-17-4-2/h8-15,18-19H,3-7,16-17H2,1-2H3/b22-18-,23-19-. The third-order valence-electron chi connectivity index (χ3n) is 4.86. The summed E-state index contributed by atoms with van der Waals surface area (Å²) in [7, 11) is 0. The Bertz CT molecular complexity index is 786. The summed E-state index contributed by atoms with van der Waals surface area (Å²) in [6, 6.07) is 15.9. The zero-order valence-electron chi connectivity index (χ0n) is 17.4. The molecule has 3 nitrogen and oxygen atoms in total. The second-order valence-corrected chi connectivity index (χ2v) is 7.36. The van der Waals surface area contributed by atoms with Crippen molar-refractivity contribution in [3.05, 3.63) is 70.8 Å². The third kappa shape index (κ3) is 6.08. The van der Waals surface area contributed by atoms with Crippen LogP contribution in [0.4, 0.5) is 0 Å². The Morgan fingerprint density at radius 2 is 1.14 bits per heavy atom. The Morgan fingerprint density at radius 3 is 1.52 bits per heavy atom. The lowest BCUT2D eigenvalue weighted by atomic mass is 9.87. The predicted octanol–water partition coefficient (Wildman–Crippen LogP) is 6.48. The number of hydrogen-bond donors (Lipinski definition) is 0. The maximum absolute atomic E-state index is 13.0. The number of Topliss-reactive ketones (excluding diaryl/α,β-unsaturated/α-hetero) is 1. The van der Waals surface area contributed by atoms with E-state index in [4.69, 9.17) is 9.47 Å². The molecular formula is C26H30O3. The van der Waals surface area contributed by atoms with Crippen molar-refractivity contribution in [3.63, 3.8) is 0 Å². The van der Waals surface area contributed by atoms with Crippen molar-refractivity contribution in [2.24, 2.45) is 0 Å². The van der Waals surface area contributed by atoms with Gasteiger partial charge in [0.15, 0.2) is 5.78 Å². The summed E-state index contributed by atoms with van der Waals surface area (Å²) in [5, 5.41) is 0. The fraction of sp³-hybridized carbons (Fsp3) is 0.346. The molecular weight excluding hydrogens is 360 g/mol. The summed E-state index contributed by atoms with van der Waals surface area (Å²) in [5.41, 5.74) is 3.84. The van der Waals surface area contributed by atoms with Gasteiger partial charge in [0.2, 0.25) is 0 Å². The van der Waals surface area contributed by atoms with Gasteiger partial charge in [-0.15, -0.1) is 0 Å². The van der Waals surface area contributed by atoms with Crippen LogP contribution in [0.5, 0.6) is 11.5 Å². The van der Waals surface area contributed by atoms with Gasteiger partial charge in [-0.25, -0.2) is 0 Å². The fourth-order valence-corrected chi connectivity index (χ4v) is 3.34. The number of carbonyl (C=O) groups is 1. The second kappa shape index (κ2) is 10.7. The molecule has 29 heavy (non-hydrogen) atoms. The largest absolute Gasteiger partial charge is 0.494 e. The minimum atomic E-state index is 0.161. The van der Waals surface area contributed by atoms with Crippen LogP contribution in [-0.2, 0) is 4.79 Å². The Labute approximate surface area is 174 Å². The molecule has 1 fully saturated rings. The van der Waals surface area contributed by atoms with E-state index in [1.165, 1.54) is 0 Å². The summed E-state index contributed by atoms with van der Waals surface area (Å²) in [4.78, 5) is 13.0. The zero-order chi connectivity index (χ0) is 20.5. The molecule has 3 rings (SSSR count). The van der Waals surface area contributed by atoms with Gasteiger partial charge in [0.05, 0.1) is 13.2 Å². The molecule has 152 valence electrons. The lowest BCUT2D eigenvalue weighted by Crippen LogP contribution is -2.12. The van der Waals surface area contributed by atoms with E-state index in [1.807, 2.05) is 60.7 Å². The molecule has 2 aromatic rings. The molecule has 0 bridgehead atoms. The summed E-state index contributed by atoms with van der Waals surface area (Å²) in [5.74, 6) is 1.90. The van der Waals surface area contributed by atoms with Gasteiger partial charge in [0.1, 0.15) is 11.5 Å². The van der Waals surface area contributed by atoms with Crippen LogP contribution in [0.3, 0.4) is 0 Å². The molecule has 0 atom stereocenters. The van der Waals surface area contributed by atoms with Crippen molar-refractivity contribution < 1.29 is 14.3 Å². The highest BCUT2D eigenvalue weighted by molar-refractivity contribution is 6.13. The average Bonchev–Trinajstić information content (AvgIpc) is 2.75. The van der Waals surface area contributed by atoms with Crippen LogP contribution < -0.4 is 9.47 Å². The van der Waals surface area contributed by atoms with Gasteiger partial charge in [-0.1, -0.05) is 38.1 Å². The Hall–Kier alpha value is -2.81. The van der Waals surface area contributed by atoms with Gasteiger partial charge < -0.3 is 9.47 Å². The molecule has 1 aliphatic rings. The maximum Gasteiger partial charge on any atom is 0.185 e. The fourth-order valence-electron chi connectivity index (χ4n) is 3.34. The van der Waals surface area contributed by atoms with E-state index in [2.05, 4.69) is 13.8 Å². The van der Waals surface area contributed by atoms with Gasteiger partial charge in [0, 0.05) is 11.1 Å². The highest BCUT2D eigenvalue weighted by atomic mass is 16.5. The van der Waals surface area contributed by atoms with E-state index in [-0.39, 0.29) is 5.78 Å². The molecule has 2 aromatic carbocycles. The zero-order valence-corrected chi connectivity index (χ0v) is 17.4. The first-order valence-corrected chi connectivity index (χ1v) is 10.6. The van der Waals surface area contributed by atoms with E-state index >= 15 is 0 Å². The molecule has 0 amide bonds. The van der Waals surface area contributed by atoms with Crippen LogP contribution >= 0.6 is 0 Å². The minimum Gasteiger partial charge on any atom is -0.494 e. The summed E-state index contributed by atoms with van der Waals surface area (Å²) >= 11 is 0. The monoisotopic (exact) mass is 390 g/mol. The highest BCUT2D eigenvalue weighted by Gasteiger charge is 2.20. The molecule has 0 heterocycles. The molecule has 0 saturated heterocycles. The van der Waals surface area contributed by atoms with Crippen LogP contribution in [0.2, 0.25) is 0 Å². The molecule has 3 heteroatoms. The normalized spacial score (nSPS) is 17.0. The molecule has 0 radical (unpaired) electrons. The van der Waals surface area contributed by atoms with Gasteiger partial charge in [0.25, 0.3) is 0 Å². The molecule has 0 aromatic heterocycles. The summed E-state index contributed by atoms with van der Waals surface area (Å²) in [6.07, 6.45) is 8.66. The Balaban J connectivity index is 1.70. The van der Waals surface area contributed by atoms with E-state index in [0.29, 0.717) is 0 Å². The molecule has 0 N–H and O–H groups in total. The van der Waals surface area contributed by atoms with Crippen molar-refractivity contribution >= 4 is 17.9 Å². The first-order chi connectivity index (χ1) is 14.2. The highest BCUT2D eigenvalue weighted by Crippen LogP contribution is 2.28. The molecule has 0 spiro atoms. The van der Waals surface area contributed by atoms with Crippen LogP contribution in [0, 0.1) is 0 Å². The number of ether oxygens (including phenoxy) is 2.